The Hall–Kier alpha value is -1.46. The molecule has 3 N–H and O–H groups in total. The van der Waals surface area contributed by atoms with Gasteiger partial charge in [0.25, 0.3) is 0 Å². The van der Waals surface area contributed by atoms with Gasteiger partial charge in [-0.15, -0.1) is 0 Å². The molecule has 20 heavy (non-hydrogen) atoms. The zero-order valence-corrected chi connectivity index (χ0v) is 13.0. The van der Waals surface area contributed by atoms with Crippen LogP contribution in [0.3, 0.4) is 0 Å². The average molecular weight is 301 g/mol. The summed E-state index contributed by atoms with van der Waals surface area (Å²) in [4.78, 5) is 11.7. The van der Waals surface area contributed by atoms with E-state index < -0.39 is 11.9 Å². The first-order valence-electron chi connectivity index (χ1n) is 6.41. The molecule has 0 heterocycles. The van der Waals surface area contributed by atoms with Gasteiger partial charge in [-0.1, -0.05) is 24.6 Å². The van der Waals surface area contributed by atoms with Crippen LogP contribution in [0.1, 0.15) is 31.9 Å². The number of nitrogens with one attached hydrogen (secondary N) is 1. The predicted molar refractivity (Wildman–Crippen MR) is 79.4 cm³/mol. The molecule has 112 valence electrons. The van der Waals surface area contributed by atoms with Gasteiger partial charge in [-0.05, 0) is 19.4 Å². The largest absolute Gasteiger partial charge is 0.493 e. The summed E-state index contributed by atoms with van der Waals surface area (Å²) in [6.07, 6.45) is 0.870. The predicted octanol–water partition coefficient (Wildman–Crippen LogP) is 2.27. The molecule has 1 rings (SSSR count). The lowest BCUT2D eigenvalue weighted by atomic mass is 10.0. The zero-order valence-electron chi connectivity index (χ0n) is 12.2. The highest BCUT2D eigenvalue weighted by atomic mass is 35.5. The van der Waals surface area contributed by atoms with E-state index >= 15 is 0 Å². The normalized spacial score (nSPS) is 13.7. The minimum Gasteiger partial charge on any atom is -0.493 e. The summed E-state index contributed by atoms with van der Waals surface area (Å²) in [5, 5.41) is 3.48. The summed E-state index contributed by atoms with van der Waals surface area (Å²) in [7, 11) is 3.02. The molecule has 0 aliphatic rings. The number of halogens is 1. The second-order valence-electron chi connectivity index (χ2n) is 4.52. The van der Waals surface area contributed by atoms with Crippen molar-refractivity contribution in [3.63, 3.8) is 0 Å². The smallest absolute Gasteiger partial charge is 0.239 e. The second kappa shape index (κ2) is 7.36. The number of primary amides is 1. The number of hydrogen-bond donors (Lipinski definition) is 2. The molecule has 0 saturated carbocycles. The molecule has 1 aromatic carbocycles. The van der Waals surface area contributed by atoms with Gasteiger partial charge in [0.2, 0.25) is 5.91 Å². The lowest BCUT2D eigenvalue weighted by molar-refractivity contribution is -0.120. The van der Waals surface area contributed by atoms with E-state index in [-0.39, 0.29) is 6.04 Å². The van der Waals surface area contributed by atoms with Crippen LogP contribution >= 0.6 is 11.6 Å². The minimum absolute atomic E-state index is 0.136. The van der Waals surface area contributed by atoms with Crippen LogP contribution in [-0.2, 0) is 4.79 Å². The summed E-state index contributed by atoms with van der Waals surface area (Å²) in [6.45, 7) is 4.00. The van der Waals surface area contributed by atoms with E-state index in [1.165, 1.54) is 14.2 Å². The van der Waals surface area contributed by atoms with Crippen molar-refractivity contribution in [3.8, 4) is 11.5 Å². The van der Waals surface area contributed by atoms with Gasteiger partial charge in [0.15, 0.2) is 11.5 Å². The van der Waals surface area contributed by atoms with E-state index in [2.05, 4.69) is 5.32 Å². The summed E-state index contributed by atoms with van der Waals surface area (Å²) >= 11 is 6.31. The maximum absolute atomic E-state index is 11.7. The van der Waals surface area contributed by atoms with Crippen molar-refractivity contribution < 1.29 is 14.3 Å². The van der Waals surface area contributed by atoms with Gasteiger partial charge in [0.05, 0.1) is 19.2 Å². The van der Waals surface area contributed by atoms with E-state index in [0.717, 1.165) is 6.42 Å². The number of nitrogens with two attached hydrogens (primary N) is 1. The van der Waals surface area contributed by atoms with Crippen molar-refractivity contribution in [2.75, 3.05) is 14.2 Å². The molecule has 0 fully saturated rings. The minimum atomic E-state index is -0.669. The first kappa shape index (κ1) is 16.6. The Kier molecular flexibility index (Phi) is 6.10. The third-order valence-electron chi connectivity index (χ3n) is 3.17. The average Bonchev–Trinajstić information content (AvgIpc) is 2.44. The highest BCUT2D eigenvalue weighted by Crippen LogP contribution is 2.39. The summed E-state index contributed by atoms with van der Waals surface area (Å²) in [5.74, 6) is 0.413. The van der Waals surface area contributed by atoms with Gasteiger partial charge in [-0.3, -0.25) is 10.1 Å². The van der Waals surface area contributed by atoms with Crippen molar-refractivity contribution in [1.82, 2.24) is 5.32 Å². The molecule has 0 spiro atoms. The molecule has 2 atom stereocenters. The van der Waals surface area contributed by atoms with Crippen LogP contribution < -0.4 is 20.5 Å². The fourth-order valence-corrected chi connectivity index (χ4v) is 2.20. The van der Waals surface area contributed by atoms with Crippen LogP contribution in [0, 0.1) is 0 Å². The molecule has 0 aliphatic heterocycles. The number of hydrogen-bond acceptors (Lipinski definition) is 4. The van der Waals surface area contributed by atoms with Crippen LogP contribution in [-0.4, -0.2) is 26.2 Å². The molecular formula is C14H21ClN2O3. The Morgan fingerprint density at radius 3 is 2.50 bits per heavy atom. The Morgan fingerprint density at radius 1 is 1.40 bits per heavy atom. The third-order valence-corrected chi connectivity index (χ3v) is 3.56. The van der Waals surface area contributed by atoms with E-state index in [0.29, 0.717) is 22.1 Å². The number of benzene rings is 1. The first-order valence-corrected chi connectivity index (χ1v) is 6.79. The number of carbonyl (C=O) groups is 1. The number of carbonyl (C=O) groups excluding carboxylic acids is 1. The Morgan fingerprint density at radius 2 is 2.05 bits per heavy atom. The van der Waals surface area contributed by atoms with Crippen molar-refractivity contribution in [3.05, 3.63) is 22.7 Å². The van der Waals surface area contributed by atoms with Crippen molar-refractivity contribution in [2.45, 2.75) is 32.4 Å². The molecule has 0 saturated heterocycles. The fraction of sp³-hybridized carbons (Fsp3) is 0.500. The lowest BCUT2D eigenvalue weighted by Crippen LogP contribution is -2.38. The molecular weight excluding hydrogens is 280 g/mol. The number of rotatable bonds is 7. The van der Waals surface area contributed by atoms with Gasteiger partial charge in [-0.2, -0.15) is 0 Å². The molecule has 0 aliphatic carbocycles. The SMILES string of the molecule is CCC(C)NC(C(N)=O)c1ccc(OC)c(OC)c1Cl. The summed E-state index contributed by atoms with van der Waals surface area (Å²) in [6, 6.07) is 2.89. The topological polar surface area (TPSA) is 73.6 Å². The molecule has 1 aromatic rings. The molecule has 0 bridgehead atoms. The molecule has 1 amide bonds. The van der Waals surface area contributed by atoms with Gasteiger partial charge >= 0.3 is 0 Å². The number of amides is 1. The van der Waals surface area contributed by atoms with Crippen LogP contribution in [0.15, 0.2) is 12.1 Å². The van der Waals surface area contributed by atoms with Crippen LogP contribution in [0.25, 0.3) is 0 Å². The van der Waals surface area contributed by atoms with E-state index in [1.807, 2.05) is 13.8 Å². The summed E-state index contributed by atoms with van der Waals surface area (Å²) in [5.41, 5.74) is 6.05. The van der Waals surface area contributed by atoms with Crippen LogP contribution in [0.2, 0.25) is 5.02 Å². The van der Waals surface area contributed by atoms with Gasteiger partial charge in [0, 0.05) is 11.6 Å². The summed E-state index contributed by atoms with van der Waals surface area (Å²) < 4.78 is 10.4. The zero-order chi connectivity index (χ0) is 15.3. The highest BCUT2D eigenvalue weighted by molar-refractivity contribution is 6.33. The van der Waals surface area contributed by atoms with Gasteiger partial charge < -0.3 is 15.2 Å². The van der Waals surface area contributed by atoms with Crippen molar-refractivity contribution >= 4 is 17.5 Å². The van der Waals surface area contributed by atoms with E-state index in [4.69, 9.17) is 26.8 Å². The van der Waals surface area contributed by atoms with Crippen molar-refractivity contribution in [1.29, 1.82) is 0 Å². The van der Waals surface area contributed by atoms with Gasteiger partial charge in [0.1, 0.15) is 6.04 Å². The number of ether oxygens (including phenoxy) is 2. The van der Waals surface area contributed by atoms with E-state index in [1.54, 1.807) is 12.1 Å². The van der Waals surface area contributed by atoms with Crippen LogP contribution in [0.5, 0.6) is 11.5 Å². The number of methoxy groups -OCH3 is 2. The quantitative estimate of drug-likeness (QED) is 0.810. The molecule has 0 radical (unpaired) electrons. The third kappa shape index (κ3) is 3.55. The highest BCUT2D eigenvalue weighted by Gasteiger charge is 2.25. The molecule has 5 nitrogen and oxygen atoms in total. The fourth-order valence-electron chi connectivity index (χ4n) is 1.86. The Bertz CT molecular complexity index is 480. The van der Waals surface area contributed by atoms with Gasteiger partial charge in [-0.25, -0.2) is 0 Å². The monoisotopic (exact) mass is 300 g/mol. The maximum Gasteiger partial charge on any atom is 0.239 e. The Labute approximate surface area is 124 Å². The first-order chi connectivity index (χ1) is 9.46. The van der Waals surface area contributed by atoms with Crippen molar-refractivity contribution in [2.24, 2.45) is 5.73 Å². The lowest BCUT2D eigenvalue weighted by Gasteiger charge is -2.22. The van der Waals surface area contributed by atoms with E-state index in [9.17, 15) is 4.79 Å². The molecule has 0 aromatic heterocycles. The maximum atomic E-state index is 11.7. The molecule has 6 heteroatoms. The second-order valence-corrected chi connectivity index (χ2v) is 4.89. The standard InChI is InChI=1S/C14H21ClN2O3/c1-5-8(2)17-12(14(16)18)9-6-7-10(19-3)13(20-4)11(9)15/h6-8,12,17H,5H2,1-4H3,(H2,16,18). The Balaban J connectivity index is 3.24. The molecule has 2 unspecified atom stereocenters. The van der Waals surface area contributed by atoms with Crippen LogP contribution in [0.4, 0.5) is 0 Å².